The Morgan fingerprint density at radius 3 is 2.83 bits per heavy atom. The summed E-state index contributed by atoms with van der Waals surface area (Å²) in [6.07, 6.45) is 4.75. The van der Waals surface area contributed by atoms with E-state index < -0.39 is 10.7 Å². The van der Waals surface area contributed by atoms with Crippen molar-refractivity contribution in [1.29, 1.82) is 0 Å². The fraction of sp³-hybridized carbons (Fsp3) is 0.538. The number of nitro benzene ring substituents is 1. The van der Waals surface area contributed by atoms with Crippen molar-refractivity contribution in [1.82, 2.24) is 0 Å². The summed E-state index contributed by atoms with van der Waals surface area (Å²) in [6, 6.07) is 3.70. The zero-order valence-corrected chi connectivity index (χ0v) is 10.4. The van der Waals surface area contributed by atoms with E-state index in [2.05, 4.69) is 5.32 Å². The topological polar surface area (TPSA) is 55.2 Å². The van der Waals surface area contributed by atoms with Crippen molar-refractivity contribution in [2.24, 2.45) is 5.92 Å². The molecule has 0 radical (unpaired) electrons. The van der Waals surface area contributed by atoms with Gasteiger partial charge in [-0.25, -0.2) is 4.39 Å². The van der Waals surface area contributed by atoms with E-state index in [1.165, 1.54) is 31.4 Å². The number of rotatable bonds is 5. The van der Waals surface area contributed by atoms with Crippen LogP contribution in [0.25, 0.3) is 0 Å². The van der Waals surface area contributed by atoms with Gasteiger partial charge in [0.1, 0.15) is 5.82 Å². The minimum Gasteiger partial charge on any atom is -0.380 e. The van der Waals surface area contributed by atoms with Gasteiger partial charge in [-0.1, -0.05) is 19.3 Å². The third kappa shape index (κ3) is 2.97. The summed E-state index contributed by atoms with van der Waals surface area (Å²) in [7, 11) is 0. The normalized spacial score (nSPS) is 17.0. The molecule has 1 atom stereocenters. The zero-order valence-electron chi connectivity index (χ0n) is 10.4. The highest BCUT2D eigenvalue weighted by atomic mass is 19.1. The Balaban J connectivity index is 2.02. The number of nitrogens with zero attached hydrogens (tertiary/aromatic N) is 1. The van der Waals surface area contributed by atoms with Gasteiger partial charge in [0, 0.05) is 18.2 Å². The lowest BCUT2D eigenvalue weighted by Gasteiger charge is -2.28. The number of anilines is 1. The first-order chi connectivity index (χ1) is 8.56. The minimum atomic E-state index is -0.513. The van der Waals surface area contributed by atoms with Crippen molar-refractivity contribution >= 4 is 11.4 Å². The SMILES string of the molecule is CC(CC1CCC1)Nc1cc([N+](=O)[O-])ccc1F. The number of nitro groups is 1. The third-order valence-electron chi connectivity index (χ3n) is 3.47. The quantitative estimate of drug-likeness (QED) is 0.641. The number of hydrogen-bond donors (Lipinski definition) is 1. The van der Waals surface area contributed by atoms with Crippen LogP contribution in [0.3, 0.4) is 0 Å². The molecule has 18 heavy (non-hydrogen) atoms. The van der Waals surface area contributed by atoms with Gasteiger partial charge in [0.2, 0.25) is 0 Å². The Kier molecular flexibility index (Phi) is 3.79. The second-order valence-electron chi connectivity index (χ2n) is 5.00. The standard InChI is InChI=1S/C13H17FN2O2/c1-9(7-10-3-2-4-10)15-13-8-11(16(17)18)5-6-12(13)14/h5-6,8-10,15H,2-4,7H2,1H3. The molecule has 2 rings (SSSR count). The Labute approximate surface area is 105 Å². The van der Waals surface area contributed by atoms with E-state index in [1.807, 2.05) is 6.92 Å². The molecular formula is C13H17FN2O2. The number of halogens is 1. The molecule has 5 heteroatoms. The van der Waals surface area contributed by atoms with Crippen molar-refractivity contribution in [2.75, 3.05) is 5.32 Å². The molecule has 1 aromatic rings. The smallest absolute Gasteiger partial charge is 0.271 e. The van der Waals surface area contributed by atoms with Gasteiger partial charge in [0.05, 0.1) is 10.6 Å². The van der Waals surface area contributed by atoms with Crippen LogP contribution in [0.4, 0.5) is 15.8 Å². The Hall–Kier alpha value is -1.65. The van der Waals surface area contributed by atoms with Crippen LogP contribution in [-0.2, 0) is 0 Å². The highest BCUT2D eigenvalue weighted by Gasteiger charge is 2.20. The minimum absolute atomic E-state index is 0.0882. The van der Waals surface area contributed by atoms with E-state index >= 15 is 0 Å². The molecule has 1 aromatic carbocycles. The van der Waals surface area contributed by atoms with Crippen molar-refractivity contribution in [3.05, 3.63) is 34.1 Å². The number of hydrogen-bond acceptors (Lipinski definition) is 3. The zero-order chi connectivity index (χ0) is 13.1. The Bertz CT molecular complexity index is 447. The van der Waals surface area contributed by atoms with Gasteiger partial charge >= 0.3 is 0 Å². The van der Waals surface area contributed by atoms with Crippen LogP contribution >= 0.6 is 0 Å². The lowest BCUT2D eigenvalue weighted by atomic mass is 9.81. The molecule has 1 saturated carbocycles. The van der Waals surface area contributed by atoms with Crippen molar-refractivity contribution in [2.45, 2.75) is 38.6 Å². The molecule has 1 aliphatic rings. The van der Waals surface area contributed by atoms with Gasteiger partial charge in [-0.2, -0.15) is 0 Å². The van der Waals surface area contributed by atoms with Crippen molar-refractivity contribution in [3.63, 3.8) is 0 Å². The van der Waals surface area contributed by atoms with Crippen LogP contribution in [0.15, 0.2) is 18.2 Å². The maximum Gasteiger partial charge on any atom is 0.271 e. The molecule has 1 N–H and O–H groups in total. The summed E-state index contributed by atoms with van der Waals surface area (Å²) in [4.78, 5) is 10.1. The first kappa shape index (κ1) is 12.8. The van der Waals surface area contributed by atoms with Crippen molar-refractivity contribution in [3.8, 4) is 0 Å². The molecule has 0 heterocycles. The van der Waals surface area contributed by atoms with Gasteiger partial charge in [-0.3, -0.25) is 10.1 Å². The molecule has 1 aliphatic carbocycles. The second kappa shape index (κ2) is 5.33. The van der Waals surface area contributed by atoms with Crippen LogP contribution < -0.4 is 5.32 Å². The average Bonchev–Trinajstić information content (AvgIpc) is 2.26. The van der Waals surface area contributed by atoms with Crippen LogP contribution in [0.2, 0.25) is 0 Å². The van der Waals surface area contributed by atoms with E-state index in [1.54, 1.807) is 0 Å². The van der Waals surface area contributed by atoms with Gasteiger partial charge < -0.3 is 5.32 Å². The van der Waals surface area contributed by atoms with Crippen LogP contribution in [0, 0.1) is 21.8 Å². The van der Waals surface area contributed by atoms with Crippen molar-refractivity contribution < 1.29 is 9.31 Å². The molecule has 0 spiro atoms. The molecular weight excluding hydrogens is 235 g/mol. The summed E-state index contributed by atoms with van der Waals surface area (Å²) in [6.45, 7) is 1.98. The molecule has 1 fully saturated rings. The predicted molar refractivity (Wildman–Crippen MR) is 68.1 cm³/mol. The first-order valence-electron chi connectivity index (χ1n) is 6.26. The van der Waals surface area contributed by atoms with Crippen LogP contribution in [0.1, 0.15) is 32.6 Å². The maximum absolute atomic E-state index is 13.5. The monoisotopic (exact) mass is 252 g/mol. The summed E-state index contributed by atoms with van der Waals surface area (Å²) in [5.74, 6) is 0.273. The Morgan fingerprint density at radius 1 is 1.56 bits per heavy atom. The third-order valence-corrected chi connectivity index (χ3v) is 3.47. The van der Waals surface area contributed by atoms with Crippen LogP contribution in [0.5, 0.6) is 0 Å². The maximum atomic E-state index is 13.5. The first-order valence-corrected chi connectivity index (χ1v) is 6.26. The second-order valence-corrected chi connectivity index (χ2v) is 5.00. The highest BCUT2D eigenvalue weighted by Crippen LogP contribution is 2.31. The number of nitrogens with one attached hydrogen (secondary N) is 1. The Morgan fingerprint density at radius 2 is 2.28 bits per heavy atom. The van der Waals surface area contributed by atoms with E-state index in [9.17, 15) is 14.5 Å². The van der Waals surface area contributed by atoms with E-state index in [4.69, 9.17) is 0 Å². The lowest BCUT2D eigenvalue weighted by Crippen LogP contribution is -2.23. The molecule has 0 aromatic heterocycles. The number of non-ortho nitro benzene ring substituents is 1. The lowest BCUT2D eigenvalue weighted by molar-refractivity contribution is -0.384. The van der Waals surface area contributed by atoms with Gasteiger partial charge in [0.15, 0.2) is 0 Å². The van der Waals surface area contributed by atoms with Gasteiger partial charge in [-0.05, 0) is 25.3 Å². The fourth-order valence-corrected chi connectivity index (χ4v) is 2.29. The molecule has 0 bridgehead atoms. The average molecular weight is 252 g/mol. The van der Waals surface area contributed by atoms with E-state index in [-0.39, 0.29) is 17.4 Å². The van der Waals surface area contributed by atoms with Gasteiger partial charge in [-0.15, -0.1) is 0 Å². The molecule has 0 amide bonds. The van der Waals surface area contributed by atoms with Crippen LogP contribution in [-0.4, -0.2) is 11.0 Å². The summed E-state index contributed by atoms with van der Waals surface area (Å²) in [5, 5.41) is 13.7. The largest absolute Gasteiger partial charge is 0.380 e. The van der Waals surface area contributed by atoms with Gasteiger partial charge in [0.25, 0.3) is 5.69 Å². The molecule has 0 saturated heterocycles. The number of benzene rings is 1. The van der Waals surface area contributed by atoms with E-state index in [0.29, 0.717) is 5.92 Å². The predicted octanol–water partition coefficient (Wildman–Crippen LogP) is 3.72. The molecule has 4 nitrogen and oxygen atoms in total. The highest BCUT2D eigenvalue weighted by molar-refractivity contribution is 5.52. The molecule has 1 unspecified atom stereocenters. The summed E-state index contributed by atoms with van der Waals surface area (Å²) >= 11 is 0. The van der Waals surface area contributed by atoms with E-state index in [0.717, 1.165) is 12.5 Å². The molecule has 0 aliphatic heterocycles. The fourth-order valence-electron chi connectivity index (χ4n) is 2.29. The summed E-state index contributed by atoms with van der Waals surface area (Å²) in [5.41, 5.74) is 0.130. The molecule has 98 valence electrons. The summed E-state index contributed by atoms with van der Waals surface area (Å²) < 4.78 is 13.5.